The highest BCUT2D eigenvalue weighted by Crippen LogP contribution is 2.53. The third kappa shape index (κ3) is 6.70. The second kappa shape index (κ2) is 13.8. The zero-order chi connectivity index (χ0) is 34.7. The summed E-state index contributed by atoms with van der Waals surface area (Å²) in [6.45, 7) is 6.72. The molecular weight excluding hydrogens is 616 g/mol. The Labute approximate surface area is 279 Å². The number of ketones is 1. The summed E-state index contributed by atoms with van der Waals surface area (Å²) in [5, 5.41) is 8.66. The number of hydrazine groups is 1. The Morgan fingerprint density at radius 3 is 1.98 bits per heavy atom. The van der Waals surface area contributed by atoms with Crippen LogP contribution in [-0.4, -0.2) is 72.7 Å². The molecular formula is C36H40N4O8. The molecule has 1 fully saturated rings. The van der Waals surface area contributed by atoms with Gasteiger partial charge in [0.05, 0.1) is 45.0 Å². The molecule has 12 nitrogen and oxygen atoms in total. The number of hydrogen-bond donors (Lipinski definition) is 2. The normalized spacial score (nSPS) is 19.6. The first-order valence-corrected chi connectivity index (χ1v) is 15.5. The van der Waals surface area contributed by atoms with E-state index in [1.54, 1.807) is 75.2 Å². The Hall–Kier alpha value is -5.36. The van der Waals surface area contributed by atoms with Crippen LogP contribution in [0.25, 0.3) is 0 Å². The van der Waals surface area contributed by atoms with Gasteiger partial charge in [-0.3, -0.25) is 14.4 Å². The topological polar surface area (TPSA) is 136 Å². The molecule has 5 rings (SSSR count). The first-order valence-electron chi connectivity index (χ1n) is 15.5. The smallest absolute Gasteiger partial charge is 0.408 e. The minimum absolute atomic E-state index is 0.183. The van der Waals surface area contributed by atoms with Gasteiger partial charge in [-0.25, -0.2) is 9.80 Å². The number of alkyl carbamates (subject to hydrolysis) is 1. The van der Waals surface area contributed by atoms with Gasteiger partial charge in [-0.2, -0.15) is 5.01 Å². The van der Waals surface area contributed by atoms with Crippen LogP contribution in [0.15, 0.2) is 84.6 Å². The number of rotatable bonds is 10. The Morgan fingerprint density at radius 1 is 0.854 bits per heavy atom. The van der Waals surface area contributed by atoms with Gasteiger partial charge in [0.25, 0.3) is 11.8 Å². The van der Waals surface area contributed by atoms with Crippen molar-refractivity contribution in [3.05, 3.63) is 101 Å². The van der Waals surface area contributed by atoms with Crippen molar-refractivity contribution in [2.24, 2.45) is 0 Å². The van der Waals surface area contributed by atoms with E-state index in [2.05, 4.69) is 10.6 Å². The lowest BCUT2D eigenvalue weighted by molar-refractivity contribution is -0.134. The van der Waals surface area contributed by atoms with Gasteiger partial charge < -0.3 is 29.6 Å². The lowest BCUT2D eigenvalue weighted by Crippen LogP contribution is -2.45. The average Bonchev–Trinajstić information content (AvgIpc) is 3.57. The van der Waals surface area contributed by atoms with Crippen molar-refractivity contribution in [2.75, 3.05) is 21.3 Å². The molecule has 2 N–H and O–H groups in total. The van der Waals surface area contributed by atoms with Crippen LogP contribution < -0.4 is 24.8 Å². The van der Waals surface area contributed by atoms with Crippen molar-refractivity contribution in [2.45, 2.75) is 57.5 Å². The zero-order valence-electron chi connectivity index (χ0n) is 28.0. The third-order valence-electron chi connectivity index (χ3n) is 8.06. The fourth-order valence-electron chi connectivity index (χ4n) is 5.98. The minimum atomic E-state index is -1.04. The zero-order valence-corrected chi connectivity index (χ0v) is 28.0. The van der Waals surface area contributed by atoms with E-state index in [4.69, 9.17) is 18.9 Å². The molecule has 0 saturated carbocycles. The second-order valence-electron chi connectivity index (χ2n) is 12.4. The number of benzene rings is 3. The Kier molecular flexibility index (Phi) is 9.76. The molecule has 0 bridgehead atoms. The van der Waals surface area contributed by atoms with E-state index < -0.39 is 53.5 Å². The van der Waals surface area contributed by atoms with E-state index in [9.17, 15) is 19.2 Å². The van der Waals surface area contributed by atoms with Crippen molar-refractivity contribution in [3.63, 3.8) is 0 Å². The number of fused-ring (bicyclic) bond motifs is 1. The average molecular weight is 657 g/mol. The number of ether oxygens (including phenoxy) is 4. The van der Waals surface area contributed by atoms with E-state index in [0.29, 0.717) is 33.9 Å². The Bertz CT molecular complexity index is 1700. The van der Waals surface area contributed by atoms with E-state index in [1.807, 2.05) is 30.3 Å². The highest BCUT2D eigenvalue weighted by Gasteiger charge is 2.56. The Balaban J connectivity index is 1.66. The molecule has 12 heteroatoms. The highest BCUT2D eigenvalue weighted by molar-refractivity contribution is 6.04. The van der Waals surface area contributed by atoms with E-state index in [1.165, 1.54) is 32.5 Å². The number of carbonyl (C=O) groups is 4. The fraction of sp³-hybridized carbons (Fsp3) is 0.333. The van der Waals surface area contributed by atoms with Crippen molar-refractivity contribution >= 4 is 23.7 Å². The molecule has 3 aromatic carbocycles. The highest BCUT2D eigenvalue weighted by atomic mass is 16.6. The third-order valence-corrected chi connectivity index (χ3v) is 8.06. The maximum Gasteiger partial charge on any atom is 0.408 e. The molecule has 1 saturated heterocycles. The SMILES string of the molecule is COc1cc(OC)c([C@H]2C(C(=O)[C@H](C)NC(=O)OC(C)(C)C)=CN3C(=O)[C@@H](NC(=O)c4ccccc4)[C@H](c4ccccc4)N23)c(OC)c1. The van der Waals surface area contributed by atoms with Crippen LogP contribution in [0.2, 0.25) is 0 Å². The van der Waals surface area contributed by atoms with Crippen LogP contribution in [0, 0.1) is 0 Å². The first kappa shape index (κ1) is 34.0. The summed E-state index contributed by atoms with van der Waals surface area (Å²) in [4.78, 5) is 54.8. The van der Waals surface area contributed by atoms with Crippen molar-refractivity contribution < 1.29 is 38.1 Å². The van der Waals surface area contributed by atoms with Crippen molar-refractivity contribution in [1.29, 1.82) is 0 Å². The second-order valence-corrected chi connectivity index (χ2v) is 12.4. The lowest BCUT2D eigenvalue weighted by Gasteiger charge is -2.34. The van der Waals surface area contributed by atoms with Crippen LogP contribution in [0.3, 0.4) is 0 Å². The molecule has 2 aliphatic heterocycles. The molecule has 4 atom stereocenters. The largest absolute Gasteiger partial charge is 0.496 e. The molecule has 0 unspecified atom stereocenters. The number of nitrogens with one attached hydrogen (secondary N) is 2. The monoisotopic (exact) mass is 656 g/mol. The Morgan fingerprint density at radius 2 is 1.44 bits per heavy atom. The number of hydrogen-bond acceptors (Lipinski definition) is 9. The first-order chi connectivity index (χ1) is 22.9. The minimum Gasteiger partial charge on any atom is -0.496 e. The maximum absolute atomic E-state index is 14.3. The van der Waals surface area contributed by atoms with Crippen LogP contribution in [0.4, 0.5) is 4.79 Å². The number of amides is 3. The summed E-state index contributed by atoms with van der Waals surface area (Å²) in [5.41, 5.74) is 0.945. The van der Waals surface area contributed by atoms with Gasteiger partial charge in [0.1, 0.15) is 28.9 Å². The maximum atomic E-state index is 14.3. The summed E-state index contributed by atoms with van der Waals surface area (Å²) >= 11 is 0. The predicted molar refractivity (Wildman–Crippen MR) is 176 cm³/mol. The molecule has 3 amide bonds. The summed E-state index contributed by atoms with van der Waals surface area (Å²) in [7, 11) is 4.47. The molecule has 0 radical (unpaired) electrons. The van der Waals surface area contributed by atoms with Crippen LogP contribution >= 0.6 is 0 Å². The molecule has 48 heavy (non-hydrogen) atoms. The standard InChI is InChI=1S/C36H40N4O8/c1-21(37-35(44)48-36(2,3)4)32(41)25-20-39-34(43)29(38-33(42)23-16-12-9-13-17-23)30(22-14-10-8-11-15-22)40(39)31(25)28-26(46-6)18-24(45-5)19-27(28)47-7/h8-21,29-31H,1-7H3,(H,37,44)(H,38,42)/t21-,29-,30-,31+/m0/s1. The van der Waals surface area contributed by atoms with Crippen LogP contribution in [-0.2, 0) is 14.3 Å². The van der Waals surface area contributed by atoms with E-state index in [-0.39, 0.29) is 5.57 Å². The van der Waals surface area contributed by atoms with Crippen LogP contribution in [0.1, 0.15) is 61.3 Å². The van der Waals surface area contributed by atoms with Gasteiger partial charge in [-0.15, -0.1) is 0 Å². The summed E-state index contributed by atoms with van der Waals surface area (Å²) < 4.78 is 22.5. The fourth-order valence-corrected chi connectivity index (χ4v) is 5.98. The predicted octanol–water partition coefficient (Wildman–Crippen LogP) is 4.73. The number of Topliss-reactive ketones (excluding diaryl/α,β-unsaturated/α-hetero) is 1. The van der Waals surface area contributed by atoms with Crippen molar-refractivity contribution in [1.82, 2.24) is 20.7 Å². The molecule has 2 heterocycles. The van der Waals surface area contributed by atoms with Gasteiger partial charge in [-0.05, 0) is 45.4 Å². The van der Waals surface area contributed by atoms with Crippen LogP contribution in [0.5, 0.6) is 17.2 Å². The molecule has 3 aromatic rings. The van der Waals surface area contributed by atoms with Gasteiger partial charge in [0.15, 0.2) is 5.78 Å². The van der Waals surface area contributed by atoms with E-state index in [0.717, 1.165) is 0 Å². The molecule has 252 valence electrons. The molecule has 0 aliphatic carbocycles. The van der Waals surface area contributed by atoms with Gasteiger partial charge in [-0.1, -0.05) is 48.5 Å². The molecule has 2 aliphatic rings. The van der Waals surface area contributed by atoms with E-state index >= 15 is 0 Å². The summed E-state index contributed by atoms with van der Waals surface area (Å²) in [5.74, 6) is -0.237. The number of nitrogens with zero attached hydrogens (tertiary/aromatic N) is 2. The summed E-state index contributed by atoms with van der Waals surface area (Å²) in [6, 6.07) is 17.4. The number of methoxy groups -OCH3 is 3. The molecule has 0 aromatic heterocycles. The quantitative estimate of drug-likeness (QED) is 0.318. The lowest BCUT2D eigenvalue weighted by atomic mass is 9.89. The van der Waals surface area contributed by atoms with Gasteiger partial charge in [0, 0.05) is 29.5 Å². The summed E-state index contributed by atoms with van der Waals surface area (Å²) in [6.07, 6.45) is 0.692. The van der Waals surface area contributed by atoms with Gasteiger partial charge in [0.2, 0.25) is 0 Å². The van der Waals surface area contributed by atoms with Crippen molar-refractivity contribution in [3.8, 4) is 17.2 Å². The van der Waals surface area contributed by atoms with Gasteiger partial charge >= 0.3 is 6.09 Å². The number of carbonyl (C=O) groups excluding carboxylic acids is 4. The molecule has 0 spiro atoms.